The van der Waals surface area contributed by atoms with Crippen molar-refractivity contribution < 1.29 is 10.2 Å². The molecule has 0 aliphatic rings. The number of rotatable bonds is 4. The van der Waals surface area contributed by atoms with Gasteiger partial charge in [0.2, 0.25) is 0 Å². The third-order valence-corrected chi connectivity index (χ3v) is 5.16. The minimum atomic E-state index is -0.0650. The second kappa shape index (κ2) is 6.50. The molecule has 0 aliphatic carbocycles. The summed E-state index contributed by atoms with van der Waals surface area (Å²) in [6, 6.07) is 24.8. The molecular weight excluding hydrogens is 288 g/mol. The van der Waals surface area contributed by atoms with Crippen LogP contribution in [-0.4, -0.2) is 19.7 Å². The molecule has 3 aromatic carbocycles. The molecule has 0 atom stereocenters. The zero-order valence-corrected chi connectivity index (χ0v) is 13.0. The molecule has 3 heteroatoms. The van der Waals surface area contributed by atoms with Crippen LogP contribution in [0, 0.1) is 0 Å². The van der Waals surface area contributed by atoms with Gasteiger partial charge in [-0.15, -0.1) is 0 Å². The molecule has 3 aromatic rings. The maximum atomic E-state index is 10.2. The Labute approximate surface area is 132 Å². The zero-order chi connectivity index (χ0) is 15.4. The Morgan fingerprint density at radius 3 is 1.55 bits per heavy atom. The van der Waals surface area contributed by atoms with Crippen molar-refractivity contribution in [1.29, 1.82) is 0 Å². The van der Waals surface area contributed by atoms with Gasteiger partial charge in [0.05, 0.1) is 9.52 Å². The number of para-hydroxylation sites is 2. The van der Waals surface area contributed by atoms with E-state index in [2.05, 4.69) is 12.1 Å². The summed E-state index contributed by atoms with van der Waals surface area (Å²) in [4.78, 5) is 0. The van der Waals surface area contributed by atoms with E-state index < -0.39 is 0 Å². The summed E-state index contributed by atoms with van der Waals surface area (Å²) in [6.07, 6.45) is 0. The van der Waals surface area contributed by atoms with Gasteiger partial charge in [-0.2, -0.15) is 0 Å². The van der Waals surface area contributed by atoms with Crippen molar-refractivity contribution in [2.45, 2.75) is 5.54 Å². The highest BCUT2D eigenvalue weighted by atomic mass is 28.2. The van der Waals surface area contributed by atoms with Crippen LogP contribution in [0.4, 0.5) is 0 Å². The van der Waals surface area contributed by atoms with Crippen LogP contribution >= 0.6 is 0 Å². The first kappa shape index (κ1) is 14.4. The van der Waals surface area contributed by atoms with Gasteiger partial charge in [-0.05, 0) is 23.3 Å². The Hall–Kier alpha value is -2.52. The van der Waals surface area contributed by atoms with Gasteiger partial charge in [-0.25, -0.2) is 0 Å². The molecule has 2 N–H and O–H groups in total. The summed E-state index contributed by atoms with van der Waals surface area (Å²) in [7, 11) is 0.423. The first-order chi connectivity index (χ1) is 10.8. The molecule has 22 heavy (non-hydrogen) atoms. The van der Waals surface area contributed by atoms with Gasteiger partial charge in [0.15, 0.2) is 0 Å². The maximum absolute atomic E-state index is 10.2. The van der Waals surface area contributed by atoms with Crippen molar-refractivity contribution in [2.24, 2.45) is 0 Å². The fourth-order valence-corrected chi connectivity index (χ4v) is 4.00. The molecule has 0 fully saturated rings. The standard InChI is InChI=1S/C19H16O2Si/c20-17-12-6-4-10-15(17)19(16-11-5-7-13-18(16)21)22-14-8-2-1-3-9-14/h1-13,19-21H. The molecule has 0 bridgehead atoms. The fraction of sp³-hybridized carbons (Fsp3) is 0.0526. The van der Waals surface area contributed by atoms with Crippen molar-refractivity contribution in [3.05, 3.63) is 90.0 Å². The quantitative estimate of drug-likeness (QED) is 0.727. The Kier molecular flexibility index (Phi) is 4.26. The molecule has 108 valence electrons. The minimum absolute atomic E-state index is 0.0650. The molecule has 0 saturated carbocycles. The molecule has 0 saturated heterocycles. The van der Waals surface area contributed by atoms with E-state index in [0.29, 0.717) is 9.52 Å². The lowest BCUT2D eigenvalue weighted by Crippen LogP contribution is -2.22. The monoisotopic (exact) mass is 304 g/mol. The lowest BCUT2D eigenvalue weighted by atomic mass is 10.0. The van der Waals surface area contributed by atoms with Crippen LogP contribution < -0.4 is 5.19 Å². The van der Waals surface area contributed by atoms with Gasteiger partial charge in [-0.3, -0.25) is 0 Å². The average Bonchev–Trinajstić information content (AvgIpc) is 2.55. The van der Waals surface area contributed by atoms with Crippen LogP contribution in [0.15, 0.2) is 78.9 Å². The molecule has 2 nitrogen and oxygen atoms in total. The Balaban J connectivity index is 2.07. The second-order valence-electron chi connectivity index (χ2n) is 5.06. The topological polar surface area (TPSA) is 40.5 Å². The van der Waals surface area contributed by atoms with Crippen molar-refractivity contribution in [3.63, 3.8) is 0 Å². The van der Waals surface area contributed by atoms with E-state index >= 15 is 0 Å². The molecular formula is C19H16O2Si. The van der Waals surface area contributed by atoms with E-state index in [9.17, 15) is 10.2 Å². The van der Waals surface area contributed by atoms with Crippen LogP contribution in [-0.2, 0) is 0 Å². The predicted molar refractivity (Wildman–Crippen MR) is 89.9 cm³/mol. The molecule has 0 aromatic heterocycles. The van der Waals surface area contributed by atoms with Gasteiger partial charge in [-0.1, -0.05) is 71.9 Å². The van der Waals surface area contributed by atoms with Gasteiger partial charge in [0.1, 0.15) is 11.5 Å². The van der Waals surface area contributed by atoms with E-state index in [-0.39, 0.29) is 17.0 Å². The lowest BCUT2D eigenvalue weighted by Gasteiger charge is -2.19. The first-order valence-corrected chi connectivity index (χ1v) is 8.21. The molecule has 0 unspecified atom stereocenters. The van der Waals surface area contributed by atoms with E-state index in [0.717, 1.165) is 11.1 Å². The molecule has 0 spiro atoms. The number of phenolic OH excluding ortho intramolecular Hbond substituents is 2. The number of phenols is 2. The van der Waals surface area contributed by atoms with Crippen molar-refractivity contribution >= 4 is 14.7 Å². The summed E-state index contributed by atoms with van der Waals surface area (Å²) in [5.74, 6) is 0.526. The minimum Gasteiger partial charge on any atom is -0.508 e. The molecule has 0 amide bonds. The summed E-state index contributed by atoms with van der Waals surface area (Å²) >= 11 is 0. The van der Waals surface area contributed by atoms with Crippen LogP contribution in [0.25, 0.3) is 0 Å². The summed E-state index contributed by atoms with van der Waals surface area (Å²) in [6.45, 7) is 0. The normalized spacial score (nSPS) is 10.8. The number of aromatic hydroxyl groups is 2. The highest BCUT2D eigenvalue weighted by Gasteiger charge is 2.21. The van der Waals surface area contributed by atoms with Crippen molar-refractivity contribution in [1.82, 2.24) is 0 Å². The third kappa shape index (κ3) is 3.04. The molecule has 3 rings (SSSR count). The second-order valence-corrected chi connectivity index (χ2v) is 6.50. The largest absolute Gasteiger partial charge is 0.508 e. The van der Waals surface area contributed by atoms with E-state index in [1.54, 1.807) is 12.1 Å². The summed E-state index contributed by atoms with van der Waals surface area (Å²) in [5, 5.41) is 21.7. The van der Waals surface area contributed by atoms with Crippen molar-refractivity contribution in [2.75, 3.05) is 0 Å². The maximum Gasteiger partial charge on any atom is 0.119 e. The Morgan fingerprint density at radius 1 is 0.591 bits per heavy atom. The number of benzene rings is 3. The van der Waals surface area contributed by atoms with Crippen LogP contribution in [0.5, 0.6) is 11.5 Å². The SMILES string of the molecule is Oc1ccccc1C([Si]c1ccccc1)c1ccccc1O. The number of hydrogen-bond acceptors (Lipinski definition) is 2. The summed E-state index contributed by atoms with van der Waals surface area (Å²) in [5.41, 5.74) is 1.61. The Morgan fingerprint density at radius 2 is 1.05 bits per heavy atom. The zero-order valence-electron chi connectivity index (χ0n) is 12.0. The summed E-state index contributed by atoms with van der Waals surface area (Å²) < 4.78 is 0. The van der Waals surface area contributed by atoms with Gasteiger partial charge >= 0.3 is 0 Å². The van der Waals surface area contributed by atoms with E-state index in [1.807, 2.05) is 54.6 Å². The molecule has 0 heterocycles. The van der Waals surface area contributed by atoms with E-state index in [1.165, 1.54) is 5.19 Å². The molecule has 2 radical (unpaired) electrons. The first-order valence-electron chi connectivity index (χ1n) is 7.13. The highest BCUT2D eigenvalue weighted by Crippen LogP contribution is 2.34. The predicted octanol–water partition coefficient (Wildman–Crippen LogP) is 3.22. The Bertz CT molecular complexity index is 711. The average molecular weight is 304 g/mol. The van der Waals surface area contributed by atoms with Gasteiger partial charge in [0.25, 0.3) is 0 Å². The van der Waals surface area contributed by atoms with E-state index in [4.69, 9.17) is 0 Å². The highest BCUT2D eigenvalue weighted by molar-refractivity contribution is 6.56. The van der Waals surface area contributed by atoms with Gasteiger partial charge in [0, 0.05) is 5.54 Å². The van der Waals surface area contributed by atoms with Crippen molar-refractivity contribution in [3.8, 4) is 11.5 Å². The third-order valence-electron chi connectivity index (χ3n) is 3.58. The van der Waals surface area contributed by atoms with Crippen LogP contribution in [0.2, 0.25) is 0 Å². The van der Waals surface area contributed by atoms with Crippen LogP contribution in [0.3, 0.4) is 0 Å². The fourth-order valence-electron chi connectivity index (χ4n) is 2.49. The number of hydrogen-bond donors (Lipinski definition) is 2. The van der Waals surface area contributed by atoms with Gasteiger partial charge < -0.3 is 10.2 Å². The van der Waals surface area contributed by atoms with Crippen LogP contribution in [0.1, 0.15) is 16.7 Å². The lowest BCUT2D eigenvalue weighted by molar-refractivity contribution is 0.461. The molecule has 0 aliphatic heterocycles. The smallest absolute Gasteiger partial charge is 0.119 e.